The van der Waals surface area contributed by atoms with Crippen molar-refractivity contribution in [1.29, 1.82) is 5.26 Å². The second-order valence-corrected chi connectivity index (χ2v) is 5.63. The van der Waals surface area contributed by atoms with E-state index in [1.807, 2.05) is 0 Å². The number of benzene rings is 1. The highest BCUT2D eigenvalue weighted by atomic mass is 32.2. The Morgan fingerprint density at radius 3 is 2.58 bits per heavy atom. The predicted octanol–water partition coefficient (Wildman–Crippen LogP) is 2.76. The molecule has 0 radical (unpaired) electrons. The molecule has 0 bridgehead atoms. The Balaban J connectivity index is 3.09. The largest absolute Gasteiger partial charge is 0.418 e. The molecule has 0 amide bonds. The maximum Gasteiger partial charge on any atom is 0.418 e. The van der Waals surface area contributed by atoms with Crippen molar-refractivity contribution in [3.63, 3.8) is 0 Å². The van der Waals surface area contributed by atoms with Gasteiger partial charge >= 0.3 is 6.18 Å². The van der Waals surface area contributed by atoms with Crippen LogP contribution in [0.15, 0.2) is 18.2 Å². The summed E-state index contributed by atoms with van der Waals surface area (Å²) in [6.07, 6.45) is -3.02. The van der Waals surface area contributed by atoms with Gasteiger partial charge < -0.3 is 5.32 Å². The zero-order chi connectivity index (χ0) is 14.6. The molecule has 19 heavy (non-hydrogen) atoms. The standard InChI is InChI=1S/C12H13F3N2OS/c1-8(7-19(2)18)17-11-5-9(6-16)3-4-10(11)12(13,14)15/h3-5,8,17H,7H2,1-2H3/t8-,19+/m1/s1. The lowest BCUT2D eigenvalue weighted by Crippen LogP contribution is -2.24. The highest BCUT2D eigenvalue weighted by molar-refractivity contribution is 7.84. The van der Waals surface area contributed by atoms with Gasteiger partial charge in [-0.3, -0.25) is 4.21 Å². The fourth-order valence-electron chi connectivity index (χ4n) is 1.64. The van der Waals surface area contributed by atoms with Crippen LogP contribution in [0, 0.1) is 11.3 Å². The molecule has 0 aliphatic heterocycles. The number of hydrogen-bond donors (Lipinski definition) is 1. The highest BCUT2D eigenvalue weighted by Gasteiger charge is 2.33. The Labute approximate surface area is 111 Å². The summed E-state index contributed by atoms with van der Waals surface area (Å²) < 4.78 is 49.5. The lowest BCUT2D eigenvalue weighted by Gasteiger charge is -2.19. The van der Waals surface area contributed by atoms with Crippen molar-refractivity contribution in [2.75, 3.05) is 17.3 Å². The van der Waals surface area contributed by atoms with E-state index in [0.29, 0.717) is 0 Å². The highest BCUT2D eigenvalue weighted by Crippen LogP contribution is 2.35. The average Bonchev–Trinajstić information content (AvgIpc) is 2.25. The molecule has 0 aromatic heterocycles. The van der Waals surface area contributed by atoms with Gasteiger partial charge in [-0.15, -0.1) is 0 Å². The van der Waals surface area contributed by atoms with Crippen LogP contribution in [0.2, 0.25) is 0 Å². The van der Waals surface area contributed by atoms with E-state index in [9.17, 15) is 17.4 Å². The van der Waals surface area contributed by atoms with E-state index in [1.165, 1.54) is 6.26 Å². The normalized spacial score (nSPS) is 14.5. The fraction of sp³-hybridized carbons (Fsp3) is 0.417. The van der Waals surface area contributed by atoms with Crippen LogP contribution >= 0.6 is 0 Å². The molecule has 0 saturated carbocycles. The van der Waals surface area contributed by atoms with Crippen LogP contribution in [0.25, 0.3) is 0 Å². The Morgan fingerprint density at radius 2 is 2.11 bits per heavy atom. The summed E-state index contributed by atoms with van der Waals surface area (Å²) in [7, 11) is -1.11. The minimum Gasteiger partial charge on any atom is -0.381 e. The predicted molar refractivity (Wildman–Crippen MR) is 68.2 cm³/mol. The molecule has 0 heterocycles. The van der Waals surface area contributed by atoms with Crippen LogP contribution in [0.4, 0.5) is 18.9 Å². The molecule has 2 atom stereocenters. The van der Waals surface area contributed by atoms with E-state index >= 15 is 0 Å². The van der Waals surface area contributed by atoms with Gasteiger partial charge in [-0.1, -0.05) is 0 Å². The summed E-state index contributed by atoms with van der Waals surface area (Å²) in [6, 6.07) is 4.55. The van der Waals surface area contributed by atoms with Gasteiger partial charge in [0.05, 0.1) is 17.2 Å². The first kappa shape index (κ1) is 15.5. The molecule has 0 aliphatic rings. The van der Waals surface area contributed by atoms with Crippen molar-refractivity contribution in [3.8, 4) is 6.07 Å². The van der Waals surface area contributed by atoms with Crippen molar-refractivity contribution in [2.24, 2.45) is 0 Å². The molecule has 7 heteroatoms. The number of hydrogen-bond acceptors (Lipinski definition) is 3. The van der Waals surface area contributed by atoms with Gasteiger partial charge in [-0.2, -0.15) is 18.4 Å². The summed E-state index contributed by atoms with van der Waals surface area (Å²) in [5.41, 5.74) is -0.856. The fourth-order valence-corrected chi connectivity index (χ4v) is 2.43. The maximum atomic E-state index is 12.8. The molecule has 1 aromatic rings. The molecule has 0 aliphatic carbocycles. The van der Waals surface area contributed by atoms with Crippen LogP contribution in [0.1, 0.15) is 18.1 Å². The summed E-state index contributed by atoms with van der Waals surface area (Å²) >= 11 is 0. The lowest BCUT2D eigenvalue weighted by molar-refractivity contribution is -0.137. The second-order valence-electron chi connectivity index (χ2n) is 4.16. The van der Waals surface area contributed by atoms with Gasteiger partial charge in [0.25, 0.3) is 0 Å². The maximum absolute atomic E-state index is 12.8. The molecular formula is C12H13F3N2OS. The van der Waals surface area contributed by atoms with E-state index in [4.69, 9.17) is 5.26 Å². The van der Waals surface area contributed by atoms with Crippen LogP contribution in [-0.4, -0.2) is 22.3 Å². The monoisotopic (exact) mass is 290 g/mol. The SMILES string of the molecule is C[C@H](C[S@](C)=O)Nc1cc(C#N)ccc1C(F)(F)F. The second kappa shape index (κ2) is 6.06. The van der Waals surface area contributed by atoms with Crippen LogP contribution in [0.5, 0.6) is 0 Å². The smallest absolute Gasteiger partial charge is 0.381 e. The van der Waals surface area contributed by atoms with Gasteiger partial charge in [0.15, 0.2) is 0 Å². The number of anilines is 1. The van der Waals surface area contributed by atoms with Gasteiger partial charge in [0, 0.05) is 34.5 Å². The zero-order valence-corrected chi connectivity index (χ0v) is 11.2. The number of rotatable bonds is 4. The topological polar surface area (TPSA) is 52.9 Å². The Bertz CT molecular complexity index is 523. The van der Waals surface area contributed by atoms with Crippen molar-refractivity contribution in [3.05, 3.63) is 29.3 Å². The Kier molecular flexibility index (Phi) is 4.95. The summed E-state index contributed by atoms with van der Waals surface area (Å²) in [5.74, 6) is 0.230. The number of halogens is 3. The minimum absolute atomic E-state index is 0.139. The third-order valence-electron chi connectivity index (χ3n) is 2.34. The molecule has 104 valence electrons. The van der Waals surface area contributed by atoms with Crippen molar-refractivity contribution in [2.45, 2.75) is 19.1 Å². The zero-order valence-electron chi connectivity index (χ0n) is 10.4. The minimum atomic E-state index is -4.50. The molecular weight excluding hydrogens is 277 g/mol. The lowest BCUT2D eigenvalue weighted by atomic mass is 10.1. The first-order chi connectivity index (χ1) is 8.74. The quantitative estimate of drug-likeness (QED) is 0.927. The third-order valence-corrected chi connectivity index (χ3v) is 3.31. The number of alkyl halides is 3. The molecule has 0 unspecified atom stereocenters. The first-order valence-electron chi connectivity index (χ1n) is 5.42. The van der Waals surface area contributed by atoms with Gasteiger partial charge in [-0.05, 0) is 25.1 Å². The summed E-state index contributed by atoms with van der Waals surface area (Å²) in [6.45, 7) is 1.64. The van der Waals surface area contributed by atoms with Crippen LogP contribution in [0.3, 0.4) is 0 Å². The molecule has 0 spiro atoms. The van der Waals surface area contributed by atoms with Gasteiger partial charge in [0.1, 0.15) is 0 Å². The molecule has 3 nitrogen and oxygen atoms in total. The summed E-state index contributed by atoms with van der Waals surface area (Å²) in [5, 5.41) is 11.4. The molecule has 0 saturated heterocycles. The summed E-state index contributed by atoms with van der Waals surface area (Å²) in [4.78, 5) is 0. The van der Waals surface area contributed by atoms with E-state index in [2.05, 4.69) is 5.32 Å². The van der Waals surface area contributed by atoms with Gasteiger partial charge in [-0.25, -0.2) is 0 Å². The van der Waals surface area contributed by atoms with Crippen molar-refractivity contribution >= 4 is 16.5 Å². The molecule has 1 N–H and O–H groups in total. The molecule has 1 rings (SSSR count). The molecule has 0 fully saturated rings. The van der Waals surface area contributed by atoms with Crippen molar-refractivity contribution in [1.82, 2.24) is 0 Å². The third kappa shape index (κ3) is 4.56. The van der Waals surface area contributed by atoms with E-state index < -0.39 is 22.5 Å². The number of nitrogens with one attached hydrogen (secondary N) is 1. The van der Waals surface area contributed by atoms with Crippen LogP contribution in [-0.2, 0) is 17.0 Å². The average molecular weight is 290 g/mol. The van der Waals surface area contributed by atoms with Crippen molar-refractivity contribution < 1.29 is 17.4 Å². The Morgan fingerprint density at radius 1 is 1.47 bits per heavy atom. The number of nitriles is 1. The van der Waals surface area contributed by atoms with Crippen LogP contribution < -0.4 is 5.32 Å². The number of nitrogens with zero attached hydrogens (tertiary/aromatic N) is 1. The van der Waals surface area contributed by atoms with E-state index in [1.54, 1.807) is 13.0 Å². The van der Waals surface area contributed by atoms with Gasteiger partial charge in [0.2, 0.25) is 0 Å². The molecule has 1 aromatic carbocycles. The van der Waals surface area contributed by atoms with E-state index in [-0.39, 0.29) is 23.0 Å². The first-order valence-corrected chi connectivity index (χ1v) is 7.14. The van der Waals surface area contributed by atoms with E-state index in [0.717, 1.165) is 18.2 Å². The Hall–Kier alpha value is -1.55.